The van der Waals surface area contributed by atoms with E-state index in [0.29, 0.717) is 13.2 Å². The fourth-order valence-electron chi connectivity index (χ4n) is 2.47. The van der Waals surface area contributed by atoms with Gasteiger partial charge in [0.05, 0.1) is 18.8 Å². The van der Waals surface area contributed by atoms with Gasteiger partial charge in [-0.3, -0.25) is 0 Å². The zero-order valence-corrected chi connectivity index (χ0v) is 13.5. The SMILES string of the molecule is CC(C)c1c2c(cc(Br)c1C(C)(C)O)OCCCO2. The van der Waals surface area contributed by atoms with Crippen LogP contribution in [0, 0.1) is 0 Å². The molecule has 0 aromatic heterocycles. The van der Waals surface area contributed by atoms with Gasteiger partial charge >= 0.3 is 0 Å². The molecule has 0 fully saturated rings. The van der Waals surface area contributed by atoms with Crippen molar-refractivity contribution >= 4 is 15.9 Å². The maximum absolute atomic E-state index is 10.4. The molecule has 106 valence electrons. The normalized spacial score (nSPS) is 15.5. The summed E-state index contributed by atoms with van der Waals surface area (Å²) in [5.74, 6) is 1.79. The Morgan fingerprint density at radius 2 is 1.89 bits per heavy atom. The van der Waals surface area contributed by atoms with Gasteiger partial charge in [0.25, 0.3) is 0 Å². The fourth-order valence-corrected chi connectivity index (χ4v) is 3.38. The lowest BCUT2D eigenvalue weighted by atomic mass is 9.87. The molecule has 0 saturated carbocycles. The smallest absolute Gasteiger partial charge is 0.165 e. The average Bonchev–Trinajstić information content (AvgIpc) is 2.50. The van der Waals surface area contributed by atoms with Gasteiger partial charge < -0.3 is 14.6 Å². The molecule has 0 bridgehead atoms. The van der Waals surface area contributed by atoms with E-state index in [1.165, 1.54) is 0 Å². The van der Waals surface area contributed by atoms with Crippen molar-refractivity contribution in [1.29, 1.82) is 0 Å². The van der Waals surface area contributed by atoms with E-state index >= 15 is 0 Å². The van der Waals surface area contributed by atoms with Crippen LogP contribution in [0.5, 0.6) is 11.5 Å². The van der Waals surface area contributed by atoms with E-state index in [0.717, 1.165) is 33.5 Å². The zero-order chi connectivity index (χ0) is 14.2. The van der Waals surface area contributed by atoms with Crippen LogP contribution in [0.25, 0.3) is 0 Å². The summed E-state index contributed by atoms with van der Waals surface area (Å²) in [6.07, 6.45) is 0.877. The van der Waals surface area contributed by atoms with Crippen molar-refractivity contribution in [3.8, 4) is 11.5 Å². The molecule has 1 aromatic rings. The molecule has 3 nitrogen and oxygen atoms in total. The monoisotopic (exact) mass is 328 g/mol. The summed E-state index contributed by atoms with van der Waals surface area (Å²) >= 11 is 3.56. The minimum atomic E-state index is -0.927. The molecule has 19 heavy (non-hydrogen) atoms. The predicted octanol–water partition coefficient (Wildman–Crippen LogP) is 3.96. The summed E-state index contributed by atoms with van der Waals surface area (Å²) in [5.41, 5.74) is 0.980. The molecular weight excluding hydrogens is 308 g/mol. The Bertz CT molecular complexity index is 475. The quantitative estimate of drug-likeness (QED) is 0.892. The fraction of sp³-hybridized carbons (Fsp3) is 0.600. The Hall–Kier alpha value is -0.740. The number of hydrogen-bond donors (Lipinski definition) is 1. The summed E-state index contributed by atoms with van der Waals surface area (Å²) < 4.78 is 12.5. The molecule has 1 aromatic carbocycles. The lowest BCUT2D eigenvalue weighted by Gasteiger charge is -2.28. The van der Waals surface area contributed by atoms with Crippen LogP contribution in [-0.2, 0) is 5.60 Å². The second-order valence-electron chi connectivity index (χ2n) is 5.74. The predicted molar refractivity (Wildman–Crippen MR) is 79.1 cm³/mol. The van der Waals surface area contributed by atoms with Gasteiger partial charge in [-0.05, 0) is 25.8 Å². The summed E-state index contributed by atoms with van der Waals surface area (Å²) in [5, 5.41) is 10.4. The molecule has 1 N–H and O–H groups in total. The lowest BCUT2D eigenvalue weighted by molar-refractivity contribution is 0.0760. The number of aliphatic hydroxyl groups is 1. The van der Waals surface area contributed by atoms with Crippen LogP contribution in [0.4, 0.5) is 0 Å². The zero-order valence-electron chi connectivity index (χ0n) is 11.9. The topological polar surface area (TPSA) is 38.7 Å². The number of ether oxygens (including phenoxy) is 2. The van der Waals surface area contributed by atoms with Crippen molar-refractivity contribution in [3.05, 3.63) is 21.7 Å². The molecule has 0 amide bonds. The number of rotatable bonds is 2. The molecule has 2 rings (SSSR count). The minimum absolute atomic E-state index is 0.245. The lowest BCUT2D eigenvalue weighted by Crippen LogP contribution is -2.20. The van der Waals surface area contributed by atoms with Crippen LogP contribution in [0.1, 0.15) is 51.2 Å². The van der Waals surface area contributed by atoms with Crippen LogP contribution in [-0.4, -0.2) is 18.3 Å². The number of hydrogen-bond acceptors (Lipinski definition) is 3. The van der Waals surface area contributed by atoms with Crippen LogP contribution < -0.4 is 9.47 Å². The van der Waals surface area contributed by atoms with Gasteiger partial charge in [-0.15, -0.1) is 0 Å². The van der Waals surface area contributed by atoms with Crippen molar-refractivity contribution in [2.24, 2.45) is 0 Å². The highest BCUT2D eigenvalue weighted by atomic mass is 79.9. The molecule has 0 radical (unpaired) electrons. The second-order valence-corrected chi connectivity index (χ2v) is 6.59. The van der Waals surface area contributed by atoms with E-state index in [9.17, 15) is 5.11 Å². The van der Waals surface area contributed by atoms with Gasteiger partial charge in [-0.1, -0.05) is 29.8 Å². The van der Waals surface area contributed by atoms with Gasteiger partial charge in [0.2, 0.25) is 0 Å². The van der Waals surface area contributed by atoms with Crippen LogP contribution in [0.15, 0.2) is 10.5 Å². The first-order valence-corrected chi connectivity index (χ1v) is 7.46. The molecule has 0 aliphatic carbocycles. The van der Waals surface area contributed by atoms with E-state index in [2.05, 4.69) is 29.8 Å². The highest BCUT2D eigenvalue weighted by Gasteiger charge is 2.30. The molecule has 1 aliphatic heterocycles. The average molecular weight is 329 g/mol. The highest BCUT2D eigenvalue weighted by molar-refractivity contribution is 9.10. The number of fused-ring (bicyclic) bond motifs is 1. The number of benzene rings is 1. The minimum Gasteiger partial charge on any atom is -0.490 e. The van der Waals surface area contributed by atoms with Gasteiger partial charge in [0.1, 0.15) is 0 Å². The largest absolute Gasteiger partial charge is 0.490 e. The van der Waals surface area contributed by atoms with Crippen molar-refractivity contribution in [3.63, 3.8) is 0 Å². The Morgan fingerprint density at radius 3 is 2.47 bits per heavy atom. The van der Waals surface area contributed by atoms with E-state index in [-0.39, 0.29) is 5.92 Å². The molecule has 0 spiro atoms. The molecular formula is C15H21BrO3. The van der Waals surface area contributed by atoms with Crippen molar-refractivity contribution in [2.45, 2.75) is 45.6 Å². The van der Waals surface area contributed by atoms with Crippen LogP contribution in [0.3, 0.4) is 0 Å². The van der Waals surface area contributed by atoms with Crippen molar-refractivity contribution in [1.82, 2.24) is 0 Å². The molecule has 0 unspecified atom stereocenters. The molecule has 0 saturated heterocycles. The second kappa shape index (κ2) is 5.33. The maximum Gasteiger partial charge on any atom is 0.165 e. The summed E-state index contributed by atoms with van der Waals surface area (Å²) in [6.45, 7) is 9.11. The highest BCUT2D eigenvalue weighted by Crippen LogP contribution is 2.46. The van der Waals surface area contributed by atoms with Gasteiger partial charge in [-0.2, -0.15) is 0 Å². The molecule has 1 heterocycles. The Labute approximate surface area is 123 Å². The third kappa shape index (κ3) is 2.90. The van der Waals surface area contributed by atoms with Crippen molar-refractivity contribution < 1.29 is 14.6 Å². The van der Waals surface area contributed by atoms with Gasteiger partial charge in [0, 0.05) is 22.0 Å². The third-order valence-electron chi connectivity index (χ3n) is 3.22. The first kappa shape index (κ1) is 14.7. The van der Waals surface area contributed by atoms with Crippen LogP contribution in [0.2, 0.25) is 0 Å². The van der Waals surface area contributed by atoms with E-state index in [1.807, 2.05) is 6.07 Å². The van der Waals surface area contributed by atoms with Crippen LogP contribution >= 0.6 is 15.9 Å². The van der Waals surface area contributed by atoms with E-state index in [1.54, 1.807) is 13.8 Å². The Balaban J connectivity index is 2.71. The number of halogens is 1. The van der Waals surface area contributed by atoms with Gasteiger partial charge in [0.15, 0.2) is 11.5 Å². The van der Waals surface area contributed by atoms with E-state index < -0.39 is 5.60 Å². The van der Waals surface area contributed by atoms with E-state index in [4.69, 9.17) is 9.47 Å². The summed E-state index contributed by atoms with van der Waals surface area (Å²) in [7, 11) is 0. The Kier molecular flexibility index (Phi) is 4.11. The first-order chi connectivity index (χ1) is 8.82. The summed E-state index contributed by atoms with van der Waals surface area (Å²) in [6, 6.07) is 1.90. The summed E-state index contributed by atoms with van der Waals surface area (Å²) in [4.78, 5) is 0. The third-order valence-corrected chi connectivity index (χ3v) is 3.84. The standard InChI is InChI=1S/C15H21BrO3/c1-9(2)12-13(15(3,4)17)10(16)8-11-14(12)19-7-5-6-18-11/h8-9,17H,5-7H2,1-4H3. The maximum atomic E-state index is 10.4. The van der Waals surface area contributed by atoms with Gasteiger partial charge in [-0.25, -0.2) is 0 Å². The molecule has 1 aliphatic rings. The molecule has 4 heteroatoms. The van der Waals surface area contributed by atoms with Crippen molar-refractivity contribution in [2.75, 3.05) is 13.2 Å². The first-order valence-electron chi connectivity index (χ1n) is 6.67. The Morgan fingerprint density at radius 1 is 1.26 bits per heavy atom. The molecule has 0 atom stereocenters.